The van der Waals surface area contributed by atoms with Crippen molar-refractivity contribution in [2.75, 3.05) is 13.1 Å². The van der Waals surface area contributed by atoms with Crippen LogP contribution in [0.3, 0.4) is 0 Å². The second kappa shape index (κ2) is 8.20. The number of sulfonamides is 1. The first kappa shape index (κ1) is 18.9. The number of hydrogen-bond donors (Lipinski definition) is 0. The summed E-state index contributed by atoms with van der Waals surface area (Å²) in [5.41, 5.74) is 0.980. The highest BCUT2D eigenvalue weighted by Crippen LogP contribution is 2.22. The molecule has 2 aromatic carbocycles. The van der Waals surface area contributed by atoms with Crippen LogP contribution in [0.1, 0.15) is 35.2 Å². The smallest absolute Gasteiger partial charge is 0.338 e. The molecule has 1 fully saturated rings. The lowest BCUT2D eigenvalue weighted by Gasteiger charge is -2.25. The molecule has 0 atom stereocenters. The van der Waals surface area contributed by atoms with E-state index in [9.17, 15) is 13.2 Å². The van der Waals surface area contributed by atoms with E-state index in [1.165, 1.54) is 16.4 Å². The first-order valence-electron chi connectivity index (χ1n) is 8.48. The Balaban J connectivity index is 1.73. The minimum atomic E-state index is -3.58. The molecule has 0 unspecified atom stereocenters. The Kier molecular flexibility index (Phi) is 5.96. The number of esters is 1. The molecule has 1 aliphatic rings. The molecule has 2 aromatic rings. The van der Waals surface area contributed by atoms with Crippen LogP contribution in [0, 0.1) is 0 Å². The maximum atomic E-state index is 12.7. The first-order chi connectivity index (χ1) is 12.5. The predicted octanol–water partition coefficient (Wildman–Crippen LogP) is 3.87. The second-order valence-electron chi connectivity index (χ2n) is 6.20. The normalized spacial score (nSPS) is 15.6. The average Bonchev–Trinajstić information content (AvgIpc) is 2.67. The van der Waals surface area contributed by atoms with Crippen LogP contribution in [0.25, 0.3) is 0 Å². The van der Waals surface area contributed by atoms with Gasteiger partial charge >= 0.3 is 5.97 Å². The molecule has 0 amide bonds. The van der Waals surface area contributed by atoms with Crippen molar-refractivity contribution >= 4 is 27.6 Å². The van der Waals surface area contributed by atoms with Crippen molar-refractivity contribution in [2.24, 2.45) is 0 Å². The van der Waals surface area contributed by atoms with E-state index in [2.05, 4.69) is 0 Å². The monoisotopic (exact) mass is 393 g/mol. The quantitative estimate of drug-likeness (QED) is 0.723. The number of piperidine rings is 1. The summed E-state index contributed by atoms with van der Waals surface area (Å²) in [6.07, 6.45) is 2.77. The number of ether oxygens (including phenoxy) is 1. The van der Waals surface area contributed by atoms with Gasteiger partial charge in [0.2, 0.25) is 10.0 Å². The van der Waals surface area contributed by atoms with Crippen molar-refractivity contribution in [3.8, 4) is 0 Å². The van der Waals surface area contributed by atoms with Crippen LogP contribution in [-0.2, 0) is 21.4 Å². The van der Waals surface area contributed by atoms with Gasteiger partial charge in [-0.25, -0.2) is 13.2 Å². The molecule has 5 nitrogen and oxygen atoms in total. The van der Waals surface area contributed by atoms with Gasteiger partial charge in [-0.2, -0.15) is 4.31 Å². The highest BCUT2D eigenvalue weighted by Gasteiger charge is 2.26. The summed E-state index contributed by atoms with van der Waals surface area (Å²) < 4.78 is 32.2. The van der Waals surface area contributed by atoms with Crippen molar-refractivity contribution in [1.29, 1.82) is 0 Å². The lowest BCUT2D eigenvalue weighted by molar-refractivity contribution is 0.0472. The molecule has 0 saturated carbocycles. The van der Waals surface area contributed by atoms with Gasteiger partial charge in [-0.1, -0.05) is 36.2 Å². The van der Waals surface area contributed by atoms with E-state index in [4.69, 9.17) is 16.3 Å². The molecule has 1 aliphatic heterocycles. The van der Waals surface area contributed by atoms with Gasteiger partial charge in [-0.15, -0.1) is 0 Å². The minimum absolute atomic E-state index is 0.0719. The number of nitrogens with zero attached hydrogens (tertiary/aromatic N) is 1. The molecule has 138 valence electrons. The van der Waals surface area contributed by atoms with Gasteiger partial charge in [0.05, 0.1) is 10.5 Å². The SMILES string of the molecule is O=C(OCc1cccc(Cl)c1)c1cccc(S(=O)(=O)N2CCCCC2)c1. The highest BCUT2D eigenvalue weighted by atomic mass is 35.5. The highest BCUT2D eigenvalue weighted by molar-refractivity contribution is 7.89. The summed E-state index contributed by atoms with van der Waals surface area (Å²) in [4.78, 5) is 12.4. The number of benzene rings is 2. The average molecular weight is 394 g/mol. The van der Waals surface area contributed by atoms with Crippen LogP contribution < -0.4 is 0 Å². The van der Waals surface area contributed by atoms with Crippen molar-refractivity contribution in [3.05, 3.63) is 64.7 Å². The van der Waals surface area contributed by atoms with E-state index in [1.54, 1.807) is 36.4 Å². The minimum Gasteiger partial charge on any atom is -0.457 e. The number of carbonyl (C=O) groups excluding carboxylic acids is 1. The van der Waals surface area contributed by atoms with Crippen LogP contribution in [0.4, 0.5) is 0 Å². The molecule has 1 saturated heterocycles. The Morgan fingerprint density at radius 3 is 2.50 bits per heavy atom. The standard InChI is InChI=1S/C19H20ClNO4S/c20-17-8-4-6-15(12-17)14-25-19(22)16-7-5-9-18(13-16)26(23,24)21-10-2-1-3-11-21/h4-9,12-13H,1-3,10-11,14H2. The number of halogens is 1. The van der Waals surface area contributed by atoms with E-state index in [1.807, 2.05) is 0 Å². The maximum Gasteiger partial charge on any atom is 0.338 e. The van der Waals surface area contributed by atoms with Crippen molar-refractivity contribution in [2.45, 2.75) is 30.8 Å². The van der Waals surface area contributed by atoms with Crippen molar-refractivity contribution in [3.63, 3.8) is 0 Å². The predicted molar refractivity (Wildman–Crippen MR) is 99.6 cm³/mol. The van der Waals surface area contributed by atoms with E-state index < -0.39 is 16.0 Å². The van der Waals surface area contributed by atoms with Crippen LogP contribution >= 0.6 is 11.6 Å². The Hall–Kier alpha value is -1.89. The maximum absolute atomic E-state index is 12.7. The summed E-state index contributed by atoms with van der Waals surface area (Å²) in [6.45, 7) is 1.11. The molecular formula is C19H20ClNO4S. The van der Waals surface area contributed by atoms with Gasteiger partial charge in [0.1, 0.15) is 6.61 Å². The van der Waals surface area contributed by atoms with Gasteiger partial charge in [0.15, 0.2) is 0 Å². The van der Waals surface area contributed by atoms with E-state index >= 15 is 0 Å². The Labute approximate surface area is 158 Å². The lowest BCUT2D eigenvalue weighted by Crippen LogP contribution is -2.35. The number of carbonyl (C=O) groups is 1. The molecule has 0 spiro atoms. The zero-order valence-corrected chi connectivity index (χ0v) is 15.8. The lowest BCUT2D eigenvalue weighted by atomic mass is 10.2. The fraction of sp³-hybridized carbons (Fsp3) is 0.316. The molecular weight excluding hydrogens is 374 g/mol. The van der Waals surface area contributed by atoms with Gasteiger partial charge in [-0.3, -0.25) is 0 Å². The molecule has 26 heavy (non-hydrogen) atoms. The third-order valence-electron chi connectivity index (χ3n) is 4.28. The largest absolute Gasteiger partial charge is 0.457 e. The van der Waals surface area contributed by atoms with Crippen LogP contribution in [0.15, 0.2) is 53.4 Å². The molecule has 0 aromatic heterocycles. The van der Waals surface area contributed by atoms with E-state index in [-0.39, 0.29) is 17.1 Å². The third-order valence-corrected chi connectivity index (χ3v) is 6.41. The van der Waals surface area contributed by atoms with Crippen molar-refractivity contribution in [1.82, 2.24) is 4.31 Å². The van der Waals surface area contributed by atoms with Gasteiger partial charge in [0.25, 0.3) is 0 Å². The van der Waals surface area contributed by atoms with Gasteiger partial charge in [-0.05, 0) is 48.7 Å². The van der Waals surface area contributed by atoms with E-state index in [0.29, 0.717) is 18.1 Å². The number of rotatable bonds is 5. The molecule has 0 aliphatic carbocycles. The molecule has 3 rings (SSSR count). The van der Waals surface area contributed by atoms with Crippen molar-refractivity contribution < 1.29 is 17.9 Å². The zero-order valence-electron chi connectivity index (χ0n) is 14.2. The van der Waals surface area contributed by atoms with E-state index in [0.717, 1.165) is 24.8 Å². The zero-order chi connectivity index (χ0) is 18.6. The number of hydrogen-bond acceptors (Lipinski definition) is 4. The summed E-state index contributed by atoms with van der Waals surface area (Å²) in [6, 6.07) is 13.0. The molecule has 1 heterocycles. The Morgan fingerprint density at radius 1 is 1.04 bits per heavy atom. The molecule has 0 radical (unpaired) electrons. The summed E-state index contributed by atoms with van der Waals surface area (Å²) >= 11 is 5.91. The van der Waals surface area contributed by atoms with Crippen LogP contribution in [0.2, 0.25) is 5.02 Å². The molecule has 0 N–H and O–H groups in total. The molecule has 0 bridgehead atoms. The second-order valence-corrected chi connectivity index (χ2v) is 8.57. The fourth-order valence-electron chi connectivity index (χ4n) is 2.90. The first-order valence-corrected chi connectivity index (χ1v) is 10.3. The van der Waals surface area contributed by atoms with Gasteiger partial charge in [0, 0.05) is 18.1 Å². The third kappa shape index (κ3) is 4.44. The summed E-state index contributed by atoms with van der Waals surface area (Å²) in [5, 5.41) is 0.563. The fourth-order valence-corrected chi connectivity index (χ4v) is 4.67. The topological polar surface area (TPSA) is 63.7 Å². The van der Waals surface area contributed by atoms with Crippen LogP contribution in [0.5, 0.6) is 0 Å². The summed E-state index contributed by atoms with van der Waals surface area (Å²) in [7, 11) is -3.58. The molecule has 7 heteroatoms. The Morgan fingerprint density at radius 2 is 1.77 bits per heavy atom. The van der Waals surface area contributed by atoms with Gasteiger partial charge < -0.3 is 4.74 Å². The summed E-state index contributed by atoms with van der Waals surface area (Å²) in [5.74, 6) is -0.569. The van der Waals surface area contributed by atoms with Crippen LogP contribution in [-0.4, -0.2) is 31.8 Å². The Bertz CT molecular complexity index is 892.